The van der Waals surface area contributed by atoms with E-state index in [-0.39, 0.29) is 16.9 Å². The molecule has 0 aliphatic rings. The lowest BCUT2D eigenvalue weighted by Gasteiger charge is -2.33. The average molecular weight is 539 g/mol. The minimum Gasteiger partial charge on any atom is -0.322 e. The van der Waals surface area contributed by atoms with Crippen molar-refractivity contribution in [1.82, 2.24) is 30.1 Å². The van der Waals surface area contributed by atoms with Crippen LogP contribution in [0.2, 0.25) is 0 Å². The maximum atomic E-state index is 13.8. The number of hydrogen-bond acceptors (Lipinski definition) is 5. The van der Waals surface area contributed by atoms with Crippen LogP contribution in [0.4, 0.5) is 4.39 Å². The maximum Gasteiger partial charge on any atom is 0.253 e. The molecule has 206 valence electrons. The van der Waals surface area contributed by atoms with E-state index in [0.717, 1.165) is 34.9 Å². The van der Waals surface area contributed by atoms with E-state index in [2.05, 4.69) is 64.4 Å². The molecule has 0 radical (unpaired) electrons. The van der Waals surface area contributed by atoms with Gasteiger partial charge in [0, 0.05) is 24.2 Å². The Bertz CT molecular complexity index is 1640. The van der Waals surface area contributed by atoms with Crippen LogP contribution in [-0.4, -0.2) is 36.6 Å². The van der Waals surface area contributed by atoms with E-state index < -0.39 is 6.04 Å². The molecule has 0 aliphatic carbocycles. The molecule has 0 fully saturated rings. The highest BCUT2D eigenvalue weighted by Crippen LogP contribution is 2.32. The first-order valence-corrected chi connectivity index (χ1v) is 13.7. The third-order valence-electron chi connectivity index (χ3n) is 7.69. The van der Waals surface area contributed by atoms with Gasteiger partial charge in [-0.25, -0.2) is 9.07 Å². The number of H-pyrrole nitrogens is 1. The fraction of sp³-hybridized carbons (Fsp3) is 0.312. The summed E-state index contributed by atoms with van der Waals surface area (Å²) in [5.41, 5.74) is 4.00. The Hall–Kier alpha value is -4.17. The van der Waals surface area contributed by atoms with Crippen LogP contribution in [0.5, 0.6) is 0 Å². The van der Waals surface area contributed by atoms with Gasteiger partial charge < -0.3 is 4.98 Å². The first-order chi connectivity index (χ1) is 19.2. The van der Waals surface area contributed by atoms with Crippen LogP contribution in [0.3, 0.4) is 0 Å². The molecule has 5 aromatic rings. The molecule has 0 spiro atoms. The lowest BCUT2D eigenvalue weighted by Crippen LogP contribution is -2.39. The van der Waals surface area contributed by atoms with E-state index in [0.29, 0.717) is 24.5 Å². The van der Waals surface area contributed by atoms with Crippen LogP contribution in [0.1, 0.15) is 61.3 Å². The number of benzene rings is 3. The summed E-state index contributed by atoms with van der Waals surface area (Å²) in [7, 11) is 0. The molecule has 8 heteroatoms. The van der Waals surface area contributed by atoms with Crippen LogP contribution in [0, 0.1) is 12.7 Å². The molecule has 0 unspecified atom stereocenters. The van der Waals surface area contributed by atoms with Crippen molar-refractivity contribution < 1.29 is 4.39 Å². The number of rotatable bonds is 10. The molecule has 1 N–H and O–H groups in total. The van der Waals surface area contributed by atoms with Crippen LogP contribution in [0.25, 0.3) is 10.9 Å². The minimum atomic E-state index is -0.553. The van der Waals surface area contributed by atoms with Crippen molar-refractivity contribution in [3.8, 4) is 0 Å². The molecule has 0 amide bonds. The lowest BCUT2D eigenvalue weighted by molar-refractivity contribution is 0.190. The Morgan fingerprint density at radius 3 is 2.48 bits per heavy atom. The van der Waals surface area contributed by atoms with Crippen molar-refractivity contribution >= 4 is 10.9 Å². The Kier molecular flexibility index (Phi) is 7.89. The van der Waals surface area contributed by atoms with Gasteiger partial charge in [0.25, 0.3) is 5.56 Å². The van der Waals surface area contributed by atoms with Crippen molar-refractivity contribution in [2.24, 2.45) is 0 Å². The highest BCUT2D eigenvalue weighted by atomic mass is 19.1. The minimum absolute atomic E-state index is 0.186. The monoisotopic (exact) mass is 538 g/mol. The second kappa shape index (κ2) is 11.5. The first kappa shape index (κ1) is 27.4. The van der Waals surface area contributed by atoms with Crippen LogP contribution in [0.15, 0.2) is 83.7 Å². The molecule has 7 nitrogen and oxygen atoms in total. The summed E-state index contributed by atoms with van der Waals surface area (Å²) in [5.74, 6) is 0.311. The number of aromatic amines is 1. The normalized spacial score (nSPS) is 12.8. The largest absolute Gasteiger partial charge is 0.322 e. The van der Waals surface area contributed by atoms with Crippen molar-refractivity contribution in [3.63, 3.8) is 0 Å². The third-order valence-corrected chi connectivity index (χ3v) is 7.69. The molecular formula is C32H35FN6O. The summed E-state index contributed by atoms with van der Waals surface area (Å²) in [6.45, 7) is 9.40. The van der Waals surface area contributed by atoms with Gasteiger partial charge in [0.05, 0.1) is 5.54 Å². The van der Waals surface area contributed by atoms with Gasteiger partial charge in [0.1, 0.15) is 11.9 Å². The molecule has 0 saturated carbocycles. The number of hydrogen-bond donors (Lipinski definition) is 1. The molecule has 2 heterocycles. The zero-order valence-electron chi connectivity index (χ0n) is 23.4. The topological polar surface area (TPSA) is 79.7 Å². The van der Waals surface area contributed by atoms with Gasteiger partial charge in [0.15, 0.2) is 5.82 Å². The second-order valence-electron chi connectivity index (χ2n) is 11.0. The zero-order valence-corrected chi connectivity index (χ0v) is 23.4. The molecule has 40 heavy (non-hydrogen) atoms. The Morgan fingerprint density at radius 2 is 1.75 bits per heavy atom. The number of aryl methyl sites for hydroxylation is 1. The highest BCUT2D eigenvalue weighted by Gasteiger charge is 2.34. The van der Waals surface area contributed by atoms with Crippen LogP contribution in [-0.2, 0) is 18.5 Å². The van der Waals surface area contributed by atoms with Gasteiger partial charge in [0.2, 0.25) is 0 Å². The van der Waals surface area contributed by atoms with Crippen LogP contribution < -0.4 is 5.56 Å². The van der Waals surface area contributed by atoms with E-state index in [1.165, 1.54) is 17.7 Å². The standard InChI is InChI=1S/C32H35FN6O/c1-5-32(3,4)39-30(35-36-37-39)29(27-20-25-19-22(2)11-16-28(25)34-31(27)40)38(18-17-23-9-7-6-8-10-23)21-24-12-14-26(33)15-13-24/h6-16,19-20,29H,5,17-18,21H2,1-4H3,(H,34,40)/t29-/m1/s1. The van der Waals surface area contributed by atoms with Gasteiger partial charge in [-0.05, 0) is 90.9 Å². The predicted molar refractivity (Wildman–Crippen MR) is 156 cm³/mol. The summed E-state index contributed by atoms with van der Waals surface area (Å²) in [6.07, 6.45) is 1.55. The second-order valence-corrected chi connectivity index (χ2v) is 11.0. The van der Waals surface area contributed by atoms with Gasteiger partial charge >= 0.3 is 0 Å². The predicted octanol–water partition coefficient (Wildman–Crippen LogP) is 5.94. The maximum absolute atomic E-state index is 13.8. The number of fused-ring (bicyclic) bond motifs is 1. The van der Waals surface area contributed by atoms with Gasteiger partial charge in [-0.2, -0.15) is 0 Å². The van der Waals surface area contributed by atoms with Crippen molar-refractivity contribution in [3.05, 3.63) is 123 Å². The summed E-state index contributed by atoms with van der Waals surface area (Å²) in [5, 5.41) is 13.9. The number of tetrazole rings is 1. The van der Waals surface area contributed by atoms with Gasteiger partial charge in [-0.15, -0.1) is 5.10 Å². The molecule has 3 aromatic carbocycles. The van der Waals surface area contributed by atoms with Gasteiger partial charge in [-0.3, -0.25) is 9.69 Å². The Morgan fingerprint density at radius 1 is 1.00 bits per heavy atom. The molecular weight excluding hydrogens is 503 g/mol. The number of halogens is 1. The fourth-order valence-electron chi connectivity index (χ4n) is 5.03. The van der Waals surface area contributed by atoms with Crippen molar-refractivity contribution in [1.29, 1.82) is 0 Å². The SMILES string of the molecule is CCC(C)(C)n1nnnc1[C@@H](c1cc2cc(C)ccc2[nH]c1=O)N(CCc1ccccc1)Cc1ccc(F)cc1. The quantitative estimate of drug-likeness (QED) is 0.238. The van der Waals surface area contributed by atoms with E-state index in [1.54, 1.807) is 12.1 Å². The molecule has 2 aromatic heterocycles. The number of nitrogens with zero attached hydrogens (tertiary/aromatic N) is 5. The molecule has 5 rings (SSSR count). The van der Waals surface area contributed by atoms with Gasteiger partial charge in [-0.1, -0.05) is 61.0 Å². The van der Waals surface area contributed by atoms with E-state index >= 15 is 0 Å². The smallest absolute Gasteiger partial charge is 0.253 e. The summed E-state index contributed by atoms with van der Waals surface area (Å²) in [6, 6.07) is 24.2. The van der Waals surface area contributed by atoms with E-state index in [9.17, 15) is 9.18 Å². The number of pyridine rings is 1. The molecule has 0 aliphatic heterocycles. The third kappa shape index (κ3) is 5.87. The highest BCUT2D eigenvalue weighted by molar-refractivity contribution is 5.79. The summed E-state index contributed by atoms with van der Waals surface area (Å²) < 4.78 is 15.7. The number of nitrogens with one attached hydrogen (secondary N) is 1. The lowest BCUT2D eigenvalue weighted by atomic mass is 9.98. The Labute approximate surface area is 233 Å². The summed E-state index contributed by atoms with van der Waals surface area (Å²) in [4.78, 5) is 19.1. The fourth-order valence-corrected chi connectivity index (χ4v) is 5.03. The van der Waals surface area contributed by atoms with Crippen molar-refractivity contribution in [2.75, 3.05) is 6.54 Å². The first-order valence-electron chi connectivity index (χ1n) is 13.7. The van der Waals surface area contributed by atoms with Crippen molar-refractivity contribution in [2.45, 2.75) is 58.7 Å². The molecule has 0 bridgehead atoms. The van der Waals surface area contributed by atoms with E-state index in [1.807, 2.05) is 48.0 Å². The zero-order chi connectivity index (χ0) is 28.3. The summed E-state index contributed by atoms with van der Waals surface area (Å²) >= 11 is 0. The Balaban J connectivity index is 1.69. The van der Waals surface area contributed by atoms with Crippen LogP contribution >= 0.6 is 0 Å². The average Bonchev–Trinajstić information content (AvgIpc) is 3.44. The number of aromatic nitrogens is 5. The van der Waals surface area contributed by atoms with E-state index in [4.69, 9.17) is 0 Å². The molecule has 1 atom stereocenters. The molecule has 0 saturated heterocycles.